The molecular formula is C24H27Cl2OSi2Zr. The van der Waals surface area contributed by atoms with Crippen LogP contribution in [0.3, 0.4) is 0 Å². The summed E-state index contributed by atoms with van der Waals surface area (Å²) in [5, 5.41) is 20.1. The molecule has 0 amide bonds. The van der Waals surface area contributed by atoms with Gasteiger partial charge in [-0.2, -0.15) is 0 Å². The summed E-state index contributed by atoms with van der Waals surface area (Å²) in [7, 11) is -2.93. The van der Waals surface area contributed by atoms with Gasteiger partial charge in [-0.25, -0.2) is 0 Å². The van der Waals surface area contributed by atoms with Crippen molar-refractivity contribution in [3.8, 4) is 0 Å². The van der Waals surface area contributed by atoms with E-state index in [-0.39, 0.29) is 51.0 Å². The monoisotopic (exact) mass is 547 g/mol. The van der Waals surface area contributed by atoms with Crippen molar-refractivity contribution in [2.75, 3.05) is 6.61 Å². The van der Waals surface area contributed by atoms with Gasteiger partial charge in [0.1, 0.15) is 0 Å². The summed E-state index contributed by atoms with van der Waals surface area (Å²) in [5.41, 5.74) is 3.02. The molecule has 1 nitrogen and oxygen atoms in total. The van der Waals surface area contributed by atoms with E-state index in [9.17, 15) is 5.11 Å². The van der Waals surface area contributed by atoms with Gasteiger partial charge in [0, 0.05) is 6.61 Å². The number of hydrogen-bond donors (Lipinski definition) is 1. The van der Waals surface area contributed by atoms with E-state index in [0.717, 1.165) is 12.5 Å². The Hall–Kier alpha value is -0.353. The smallest absolute Gasteiger partial charge is 1.00 e. The first-order valence-electron chi connectivity index (χ1n) is 10.0. The summed E-state index contributed by atoms with van der Waals surface area (Å²) in [6.07, 6.45) is 5.96. The van der Waals surface area contributed by atoms with E-state index in [0.29, 0.717) is 6.61 Å². The van der Waals surface area contributed by atoms with Crippen molar-refractivity contribution in [3.05, 3.63) is 59.3 Å². The van der Waals surface area contributed by atoms with Gasteiger partial charge >= 0.3 is 26.2 Å². The Kier molecular flexibility index (Phi) is 7.67. The predicted molar refractivity (Wildman–Crippen MR) is 124 cm³/mol. The average molecular weight is 550 g/mol. The van der Waals surface area contributed by atoms with Crippen LogP contribution in [0.15, 0.2) is 53.7 Å². The van der Waals surface area contributed by atoms with Crippen LogP contribution in [0.25, 0.3) is 27.1 Å². The Morgan fingerprint density at radius 3 is 2.47 bits per heavy atom. The van der Waals surface area contributed by atoms with E-state index >= 15 is 0 Å². The molecule has 0 atom stereocenters. The molecule has 3 aromatic carbocycles. The molecule has 0 unspecified atom stereocenters. The fourth-order valence-corrected chi connectivity index (χ4v) is 10.9. The molecule has 0 spiro atoms. The first-order valence-corrected chi connectivity index (χ1v) is 16.2. The molecule has 1 aliphatic heterocycles. The van der Waals surface area contributed by atoms with Crippen molar-refractivity contribution >= 4 is 53.6 Å². The average Bonchev–Trinajstić information content (AvgIpc) is 3.02. The van der Waals surface area contributed by atoms with E-state index in [1.165, 1.54) is 37.9 Å². The van der Waals surface area contributed by atoms with Gasteiger partial charge in [0.05, 0.1) is 16.1 Å². The molecule has 1 aliphatic carbocycles. The number of rotatable bonds is 4. The SMILES string of the molecule is C[Si](C)(CCO)C1=CCC(c2cc3c([cH-]c4ccccc43)c3c2[Si]3(C)C)=C1.[Cl-].[Cl-].[Zr+3]. The van der Waals surface area contributed by atoms with E-state index in [2.05, 4.69) is 74.7 Å². The van der Waals surface area contributed by atoms with Gasteiger partial charge in [-0.3, -0.25) is 0 Å². The van der Waals surface area contributed by atoms with Crippen LogP contribution in [-0.4, -0.2) is 27.9 Å². The van der Waals surface area contributed by atoms with Gasteiger partial charge in [0.2, 0.25) is 0 Å². The largest absolute Gasteiger partial charge is 3.00 e. The number of benzene rings is 2. The van der Waals surface area contributed by atoms with Gasteiger partial charge in [0.15, 0.2) is 0 Å². The van der Waals surface area contributed by atoms with E-state index in [1.54, 1.807) is 10.4 Å². The van der Waals surface area contributed by atoms with Crippen molar-refractivity contribution in [1.29, 1.82) is 0 Å². The maximum Gasteiger partial charge on any atom is 3.00 e. The molecule has 155 valence electrons. The molecular weight excluding hydrogens is 523 g/mol. The molecule has 0 fully saturated rings. The molecule has 30 heavy (non-hydrogen) atoms. The molecule has 3 aromatic rings. The maximum atomic E-state index is 9.45. The topological polar surface area (TPSA) is 20.2 Å². The molecule has 6 heteroatoms. The predicted octanol–water partition coefficient (Wildman–Crippen LogP) is -1.19. The molecule has 1 radical (unpaired) electrons. The molecule has 0 saturated heterocycles. The van der Waals surface area contributed by atoms with Crippen LogP contribution in [0.4, 0.5) is 0 Å². The Bertz CT molecular complexity index is 1170. The second-order valence-electron chi connectivity index (χ2n) is 9.38. The number of hydrogen-bond acceptors (Lipinski definition) is 1. The number of halogens is 2. The maximum absolute atomic E-state index is 9.45. The summed E-state index contributed by atoms with van der Waals surface area (Å²) in [5.74, 6) is 0. The molecule has 0 aromatic heterocycles. The Morgan fingerprint density at radius 1 is 1.07 bits per heavy atom. The Balaban J connectivity index is 0.00000107. The second kappa shape index (κ2) is 8.88. The summed E-state index contributed by atoms with van der Waals surface area (Å²) in [6, 6.07) is 14.7. The first kappa shape index (κ1) is 25.9. The third kappa shape index (κ3) is 3.82. The zero-order valence-electron chi connectivity index (χ0n) is 17.9. The molecule has 1 N–H and O–H groups in total. The van der Waals surface area contributed by atoms with E-state index < -0.39 is 16.1 Å². The minimum Gasteiger partial charge on any atom is -1.00 e. The number of fused-ring (bicyclic) bond motifs is 5. The van der Waals surface area contributed by atoms with Crippen molar-refractivity contribution in [2.24, 2.45) is 0 Å². The van der Waals surface area contributed by atoms with Crippen LogP contribution in [-0.2, 0) is 26.2 Å². The van der Waals surface area contributed by atoms with Gasteiger partial charge in [-0.15, -0.1) is 38.9 Å². The third-order valence-corrected chi connectivity index (χ3v) is 13.5. The zero-order valence-corrected chi connectivity index (χ0v) is 23.9. The fraction of sp³-hybridized carbons (Fsp3) is 0.292. The van der Waals surface area contributed by atoms with Crippen molar-refractivity contribution < 1.29 is 56.1 Å². The minimum atomic E-state index is -1.52. The fourth-order valence-electron chi connectivity index (χ4n) is 5.10. The molecule has 0 saturated carbocycles. The van der Waals surface area contributed by atoms with Gasteiger partial charge in [0.25, 0.3) is 0 Å². The van der Waals surface area contributed by atoms with Gasteiger partial charge in [-0.1, -0.05) is 73.0 Å². The van der Waals surface area contributed by atoms with Crippen LogP contribution in [0.1, 0.15) is 12.0 Å². The van der Waals surface area contributed by atoms with Gasteiger partial charge < -0.3 is 29.9 Å². The molecule has 0 bridgehead atoms. The molecule has 2 aliphatic rings. The Labute approximate surface area is 213 Å². The van der Waals surface area contributed by atoms with Crippen LogP contribution < -0.4 is 35.2 Å². The number of aliphatic hydroxyl groups is 1. The Morgan fingerprint density at radius 2 is 1.77 bits per heavy atom. The van der Waals surface area contributed by atoms with Crippen LogP contribution in [0.2, 0.25) is 32.2 Å². The second-order valence-corrected chi connectivity index (χ2v) is 18.5. The summed E-state index contributed by atoms with van der Waals surface area (Å²) >= 11 is 0. The number of allylic oxidation sites excluding steroid dienone is 4. The third-order valence-electron chi connectivity index (χ3n) is 6.84. The van der Waals surface area contributed by atoms with Crippen molar-refractivity contribution in [3.63, 3.8) is 0 Å². The molecule has 1 heterocycles. The van der Waals surface area contributed by atoms with E-state index in [1.807, 2.05) is 0 Å². The summed E-state index contributed by atoms with van der Waals surface area (Å²) in [6.45, 7) is 10.1. The summed E-state index contributed by atoms with van der Waals surface area (Å²) < 4.78 is 0. The standard InChI is InChI=1S/C24H27OSi2.2ClH.Zr/c1-26(2,12-11-25)18-10-9-17(13-18)20-15-21-19-8-6-5-7-16(19)14-22(21)24-23(20)27(24,3)4;;;/h5-8,10,13-15,25H,9,11-12H2,1-4H3;2*1H;/q-1;;;+3/p-2. The van der Waals surface area contributed by atoms with Crippen molar-refractivity contribution in [1.82, 2.24) is 0 Å². The van der Waals surface area contributed by atoms with Crippen LogP contribution in [0, 0.1) is 0 Å². The number of aliphatic hydroxyl groups excluding tert-OH is 1. The first-order chi connectivity index (χ1) is 12.8. The molecule has 5 rings (SSSR count). The quantitative estimate of drug-likeness (QED) is 0.321. The van der Waals surface area contributed by atoms with Crippen LogP contribution in [0.5, 0.6) is 0 Å². The normalized spacial score (nSPS) is 16.2. The summed E-state index contributed by atoms with van der Waals surface area (Å²) in [4.78, 5) is 0. The van der Waals surface area contributed by atoms with E-state index in [4.69, 9.17) is 0 Å². The zero-order chi connectivity index (χ0) is 19.0. The van der Waals surface area contributed by atoms with Crippen molar-refractivity contribution in [2.45, 2.75) is 38.7 Å². The van der Waals surface area contributed by atoms with Crippen LogP contribution >= 0.6 is 0 Å². The van der Waals surface area contributed by atoms with Gasteiger partial charge in [-0.05, 0) is 23.6 Å². The minimum absolute atomic E-state index is 0.